The Morgan fingerprint density at radius 2 is 2.03 bits per heavy atom. The van der Waals surface area contributed by atoms with Gasteiger partial charge in [-0.25, -0.2) is 9.48 Å². The van der Waals surface area contributed by atoms with E-state index in [0.717, 1.165) is 10.0 Å². The molecule has 0 aliphatic carbocycles. The van der Waals surface area contributed by atoms with Gasteiger partial charge < -0.3 is 20.5 Å². The topological polar surface area (TPSA) is 105 Å². The molecular weight excluding hydrogens is 452 g/mol. The molecule has 152 valence electrons. The van der Waals surface area contributed by atoms with Crippen molar-refractivity contribution in [3.8, 4) is 5.75 Å². The monoisotopic (exact) mass is 468 g/mol. The number of hydrogen-bond acceptors (Lipinski definition) is 5. The average Bonchev–Trinajstić information content (AvgIpc) is 3.18. The number of carbonyl (C=O) groups excluding carboxylic acids is 1. The molecule has 9 heteroatoms. The lowest BCUT2D eigenvalue weighted by Crippen LogP contribution is -2.25. The van der Waals surface area contributed by atoms with Crippen molar-refractivity contribution in [1.29, 1.82) is 0 Å². The quantitative estimate of drug-likeness (QED) is 0.524. The fourth-order valence-electron chi connectivity index (χ4n) is 3.22. The number of amides is 1. The van der Waals surface area contributed by atoms with E-state index in [1.54, 1.807) is 42.1 Å². The molecule has 0 saturated carbocycles. The highest BCUT2D eigenvalue weighted by molar-refractivity contribution is 9.10. The fourth-order valence-corrected chi connectivity index (χ4v) is 3.74. The molecule has 2 aromatic carbocycles. The first-order valence-electron chi connectivity index (χ1n) is 8.97. The molecule has 8 nitrogen and oxygen atoms in total. The highest BCUT2D eigenvalue weighted by atomic mass is 79.9. The van der Waals surface area contributed by atoms with Crippen LogP contribution in [-0.2, 0) is 4.79 Å². The van der Waals surface area contributed by atoms with Gasteiger partial charge in [-0.2, -0.15) is 5.10 Å². The van der Waals surface area contributed by atoms with Crippen molar-refractivity contribution < 1.29 is 19.4 Å². The summed E-state index contributed by atoms with van der Waals surface area (Å²) in [6, 6.07) is 13.9. The number of methoxy groups -OCH3 is 1. The zero-order chi connectivity index (χ0) is 21.3. The van der Waals surface area contributed by atoms with E-state index in [4.69, 9.17) is 4.74 Å². The number of benzene rings is 2. The number of hydrogen-bond donors (Lipinski definition) is 3. The fraction of sp³-hybridized carbons (Fsp3) is 0.0952. The molecule has 1 aliphatic heterocycles. The number of carboxylic acids is 1. The summed E-state index contributed by atoms with van der Waals surface area (Å²) in [4.78, 5) is 24.6. The van der Waals surface area contributed by atoms with Crippen LogP contribution in [0.15, 0.2) is 71.0 Å². The number of halogens is 1. The van der Waals surface area contributed by atoms with E-state index in [-0.39, 0.29) is 11.3 Å². The Kier molecular flexibility index (Phi) is 5.28. The van der Waals surface area contributed by atoms with E-state index in [0.29, 0.717) is 17.3 Å². The number of rotatable bonds is 5. The van der Waals surface area contributed by atoms with Gasteiger partial charge in [0.15, 0.2) is 0 Å². The number of nitrogens with one attached hydrogen (secondary N) is 2. The summed E-state index contributed by atoms with van der Waals surface area (Å²) in [5.74, 6) is -0.641. The number of ether oxygens (including phenoxy) is 1. The number of aromatic nitrogens is 2. The maximum Gasteiger partial charge on any atom is 0.352 e. The molecule has 1 amide bonds. The molecule has 0 fully saturated rings. The van der Waals surface area contributed by atoms with Crippen LogP contribution in [0.5, 0.6) is 5.75 Å². The van der Waals surface area contributed by atoms with Crippen LogP contribution in [-0.4, -0.2) is 33.9 Å². The van der Waals surface area contributed by atoms with Crippen molar-refractivity contribution in [3.63, 3.8) is 0 Å². The zero-order valence-corrected chi connectivity index (χ0v) is 17.4. The van der Waals surface area contributed by atoms with Crippen LogP contribution in [0.25, 0.3) is 0 Å². The highest BCUT2D eigenvalue weighted by Crippen LogP contribution is 2.35. The van der Waals surface area contributed by atoms with Gasteiger partial charge >= 0.3 is 5.97 Å². The lowest BCUT2D eigenvalue weighted by molar-refractivity contribution is -0.132. The molecule has 1 aromatic heterocycles. The summed E-state index contributed by atoms with van der Waals surface area (Å²) < 4.78 is 7.57. The smallest absolute Gasteiger partial charge is 0.352 e. The second kappa shape index (κ2) is 8.03. The average molecular weight is 469 g/mol. The van der Waals surface area contributed by atoms with E-state index in [1.807, 2.05) is 24.3 Å². The predicted molar refractivity (Wildman–Crippen MR) is 115 cm³/mol. The molecule has 2 heterocycles. The molecule has 0 unspecified atom stereocenters. The van der Waals surface area contributed by atoms with Gasteiger partial charge in [0, 0.05) is 16.2 Å². The Hall–Kier alpha value is -3.59. The van der Waals surface area contributed by atoms with Crippen molar-refractivity contribution >= 4 is 39.3 Å². The number of carboxylic acid groups (broad SMARTS) is 1. The first-order chi connectivity index (χ1) is 14.5. The summed E-state index contributed by atoms with van der Waals surface area (Å²) in [7, 11) is 1.54. The Morgan fingerprint density at radius 1 is 1.23 bits per heavy atom. The van der Waals surface area contributed by atoms with Crippen LogP contribution in [0.1, 0.15) is 22.0 Å². The van der Waals surface area contributed by atoms with Crippen LogP contribution in [0.4, 0.5) is 11.5 Å². The molecule has 0 bridgehead atoms. The minimum absolute atomic E-state index is 0.0285. The molecule has 3 N–H and O–H groups in total. The molecule has 1 atom stereocenters. The second-order valence-corrected chi connectivity index (χ2v) is 7.37. The number of fused-ring (bicyclic) bond motifs is 1. The Bertz CT molecular complexity index is 1170. The van der Waals surface area contributed by atoms with Gasteiger partial charge in [0.1, 0.15) is 28.9 Å². The third-order valence-electron chi connectivity index (χ3n) is 4.66. The summed E-state index contributed by atoms with van der Waals surface area (Å²) in [6.45, 7) is 0. The Balaban J connectivity index is 1.72. The minimum atomic E-state index is -1.13. The third-order valence-corrected chi connectivity index (χ3v) is 5.39. The summed E-state index contributed by atoms with van der Waals surface area (Å²) in [5.41, 5.74) is 1.56. The van der Waals surface area contributed by atoms with Crippen molar-refractivity contribution in [1.82, 2.24) is 9.78 Å². The standard InChI is InChI=1S/C21H17BrN4O4/c1-30-13-6-4-5-12(9-13)24-20(27)15-11-23-26-18(14-7-2-3-8-16(14)22)10-17(21(28)29)25-19(15)26/h2-11,18,25H,1H3,(H,24,27)(H,28,29)/t18-/m1/s1. The number of aliphatic carboxylic acids is 1. The SMILES string of the molecule is COc1cccc(NC(=O)c2cnn3c2NC(C(=O)O)=C[C@@H]3c2ccccc2Br)c1. The Labute approximate surface area is 180 Å². The van der Waals surface area contributed by atoms with Gasteiger partial charge in [-0.05, 0) is 29.8 Å². The summed E-state index contributed by atoms with van der Waals surface area (Å²) in [6.07, 6.45) is 2.98. The molecule has 0 radical (unpaired) electrons. The van der Waals surface area contributed by atoms with E-state index in [9.17, 15) is 14.7 Å². The van der Waals surface area contributed by atoms with Gasteiger partial charge in [0.25, 0.3) is 5.91 Å². The van der Waals surface area contributed by atoms with Gasteiger partial charge in [-0.1, -0.05) is 40.2 Å². The molecule has 0 spiro atoms. The highest BCUT2D eigenvalue weighted by Gasteiger charge is 2.30. The van der Waals surface area contributed by atoms with E-state index in [1.165, 1.54) is 6.20 Å². The normalized spacial score (nSPS) is 14.9. The molecule has 0 saturated heterocycles. The molecule has 1 aliphatic rings. The van der Waals surface area contributed by atoms with Gasteiger partial charge in [-0.15, -0.1) is 0 Å². The van der Waals surface area contributed by atoms with Crippen molar-refractivity contribution in [2.24, 2.45) is 0 Å². The van der Waals surface area contributed by atoms with E-state index < -0.39 is 17.9 Å². The minimum Gasteiger partial charge on any atom is -0.497 e. The number of allylic oxidation sites excluding steroid dienone is 1. The summed E-state index contributed by atoms with van der Waals surface area (Å²) >= 11 is 3.50. The molecule has 3 aromatic rings. The lowest BCUT2D eigenvalue weighted by Gasteiger charge is -2.25. The maximum atomic E-state index is 12.9. The summed E-state index contributed by atoms with van der Waals surface area (Å²) in [5, 5.41) is 19.5. The third kappa shape index (κ3) is 3.67. The van der Waals surface area contributed by atoms with Gasteiger partial charge in [0.2, 0.25) is 0 Å². The van der Waals surface area contributed by atoms with Crippen molar-refractivity contribution in [2.45, 2.75) is 6.04 Å². The van der Waals surface area contributed by atoms with Crippen LogP contribution >= 0.6 is 15.9 Å². The first-order valence-corrected chi connectivity index (χ1v) is 9.76. The van der Waals surface area contributed by atoms with Gasteiger partial charge in [0.05, 0.1) is 13.3 Å². The van der Waals surface area contributed by atoms with E-state index >= 15 is 0 Å². The Morgan fingerprint density at radius 3 is 2.77 bits per heavy atom. The largest absolute Gasteiger partial charge is 0.497 e. The van der Waals surface area contributed by atoms with Crippen molar-refractivity contribution in [2.75, 3.05) is 17.7 Å². The zero-order valence-electron chi connectivity index (χ0n) is 15.8. The molecule has 30 heavy (non-hydrogen) atoms. The number of anilines is 2. The maximum absolute atomic E-state index is 12.9. The molecular formula is C21H17BrN4O4. The van der Waals surface area contributed by atoms with Crippen LogP contribution in [0.3, 0.4) is 0 Å². The number of carbonyl (C=O) groups is 2. The van der Waals surface area contributed by atoms with Crippen LogP contribution < -0.4 is 15.4 Å². The predicted octanol–water partition coefficient (Wildman–Crippen LogP) is 3.89. The van der Waals surface area contributed by atoms with Crippen molar-refractivity contribution in [3.05, 3.63) is 82.1 Å². The number of nitrogens with zero attached hydrogens (tertiary/aromatic N) is 2. The first kappa shape index (κ1) is 19.7. The van der Waals surface area contributed by atoms with E-state index in [2.05, 4.69) is 31.7 Å². The lowest BCUT2D eigenvalue weighted by atomic mass is 10.0. The van der Waals surface area contributed by atoms with Crippen LogP contribution in [0.2, 0.25) is 0 Å². The second-order valence-electron chi connectivity index (χ2n) is 6.51. The van der Waals surface area contributed by atoms with Gasteiger partial charge in [-0.3, -0.25) is 4.79 Å². The van der Waals surface area contributed by atoms with Crippen LogP contribution in [0, 0.1) is 0 Å². The molecule has 4 rings (SSSR count).